The van der Waals surface area contributed by atoms with Crippen molar-refractivity contribution in [3.63, 3.8) is 0 Å². The van der Waals surface area contributed by atoms with Gasteiger partial charge >= 0.3 is 0 Å². The van der Waals surface area contributed by atoms with Gasteiger partial charge < -0.3 is 15.2 Å². The number of nitrogens with two attached hydrogens (primary N) is 1. The van der Waals surface area contributed by atoms with E-state index in [4.69, 9.17) is 5.73 Å². The lowest BCUT2D eigenvalue weighted by molar-refractivity contribution is 0.216. The third kappa shape index (κ3) is 3.80. The van der Waals surface area contributed by atoms with Crippen molar-refractivity contribution in [3.05, 3.63) is 18.2 Å². The normalized spacial score (nSPS) is 13.6. The molecule has 5 nitrogen and oxygen atoms in total. The largest absolute Gasteiger partial charge is 0.333 e. The van der Waals surface area contributed by atoms with Crippen LogP contribution in [0.3, 0.4) is 0 Å². The standard InChI is InChI=1S/C12H25N5/c1-5-17-10-14-9-12(17)11(8-13)16(4)7-6-15(2)3/h9-11H,5-8,13H2,1-4H3. The van der Waals surface area contributed by atoms with Gasteiger partial charge in [0.15, 0.2) is 0 Å². The minimum atomic E-state index is 0.248. The van der Waals surface area contributed by atoms with Gasteiger partial charge in [0.1, 0.15) is 0 Å². The maximum absolute atomic E-state index is 5.90. The lowest BCUT2D eigenvalue weighted by Gasteiger charge is -2.28. The molecular formula is C12H25N5. The molecule has 0 bridgehead atoms. The first-order chi connectivity index (χ1) is 8.10. The first-order valence-corrected chi connectivity index (χ1v) is 6.15. The third-order valence-corrected chi connectivity index (χ3v) is 3.08. The second-order valence-corrected chi connectivity index (χ2v) is 4.64. The van der Waals surface area contributed by atoms with E-state index >= 15 is 0 Å². The summed E-state index contributed by atoms with van der Waals surface area (Å²) in [6.07, 6.45) is 3.80. The van der Waals surface area contributed by atoms with Crippen molar-refractivity contribution in [1.29, 1.82) is 0 Å². The van der Waals surface area contributed by atoms with Crippen LogP contribution >= 0.6 is 0 Å². The molecule has 0 saturated carbocycles. The van der Waals surface area contributed by atoms with Gasteiger partial charge in [0.2, 0.25) is 0 Å². The highest BCUT2D eigenvalue weighted by Crippen LogP contribution is 2.17. The molecule has 1 unspecified atom stereocenters. The second-order valence-electron chi connectivity index (χ2n) is 4.64. The van der Waals surface area contributed by atoms with Gasteiger partial charge in [-0.05, 0) is 28.1 Å². The first-order valence-electron chi connectivity index (χ1n) is 6.15. The maximum Gasteiger partial charge on any atom is 0.0948 e. The van der Waals surface area contributed by atoms with E-state index in [-0.39, 0.29) is 6.04 Å². The predicted octanol–water partition coefficient (Wildman–Crippen LogP) is 0.396. The molecule has 17 heavy (non-hydrogen) atoms. The van der Waals surface area contributed by atoms with Crippen LogP contribution in [0.1, 0.15) is 18.7 Å². The molecule has 5 heteroatoms. The molecule has 0 spiro atoms. The Hall–Kier alpha value is -0.910. The average molecular weight is 239 g/mol. The molecule has 2 N–H and O–H groups in total. The minimum absolute atomic E-state index is 0.248. The zero-order valence-electron chi connectivity index (χ0n) is 11.4. The van der Waals surface area contributed by atoms with Crippen LogP contribution in [0.25, 0.3) is 0 Å². The quantitative estimate of drug-likeness (QED) is 0.748. The molecular weight excluding hydrogens is 214 g/mol. The van der Waals surface area contributed by atoms with Crippen molar-refractivity contribution in [3.8, 4) is 0 Å². The van der Waals surface area contributed by atoms with Crippen molar-refractivity contribution in [2.75, 3.05) is 40.8 Å². The van der Waals surface area contributed by atoms with Crippen LogP contribution in [0.4, 0.5) is 0 Å². The molecule has 0 fully saturated rings. The summed E-state index contributed by atoms with van der Waals surface area (Å²) in [6.45, 7) is 5.72. The number of hydrogen-bond donors (Lipinski definition) is 1. The Labute approximate surface area is 104 Å². The van der Waals surface area contributed by atoms with Crippen molar-refractivity contribution in [1.82, 2.24) is 19.4 Å². The van der Waals surface area contributed by atoms with E-state index in [1.807, 2.05) is 12.5 Å². The first kappa shape index (κ1) is 14.2. The minimum Gasteiger partial charge on any atom is -0.333 e. The van der Waals surface area contributed by atoms with Gasteiger partial charge in [0, 0.05) is 32.4 Å². The summed E-state index contributed by atoms with van der Waals surface area (Å²) < 4.78 is 2.16. The fourth-order valence-corrected chi connectivity index (χ4v) is 1.91. The maximum atomic E-state index is 5.90. The predicted molar refractivity (Wildman–Crippen MR) is 70.9 cm³/mol. The summed E-state index contributed by atoms with van der Waals surface area (Å²) in [4.78, 5) is 8.69. The van der Waals surface area contributed by atoms with E-state index in [0.717, 1.165) is 19.6 Å². The van der Waals surface area contributed by atoms with E-state index in [1.165, 1.54) is 5.69 Å². The number of hydrogen-bond acceptors (Lipinski definition) is 4. The molecule has 1 rings (SSSR count). The van der Waals surface area contributed by atoms with Gasteiger partial charge in [-0.3, -0.25) is 4.90 Å². The van der Waals surface area contributed by atoms with Gasteiger partial charge in [-0.2, -0.15) is 0 Å². The number of aromatic nitrogens is 2. The Balaban J connectivity index is 2.70. The van der Waals surface area contributed by atoms with Gasteiger partial charge in [-0.25, -0.2) is 4.98 Å². The van der Waals surface area contributed by atoms with Crippen molar-refractivity contribution in [2.45, 2.75) is 19.5 Å². The smallest absolute Gasteiger partial charge is 0.0948 e. The Morgan fingerprint density at radius 3 is 2.59 bits per heavy atom. The molecule has 98 valence electrons. The number of rotatable bonds is 7. The van der Waals surface area contributed by atoms with Gasteiger partial charge in [-0.15, -0.1) is 0 Å². The summed E-state index contributed by atoms with van der Waals surface area (Å²) in [5, 5.41) is 0. The molecule has 0 aliphatic rings. The van der Waals surface area contributed by atoms with Crippen molar-refractivity contribution in [2.24, 2.45) is 5.73 Å². The highest BCUT2D eigenvalue weighted by Gasteiger charge is 2.18. The molecule has 0 aromatic carbocycles. The highest BCUT2D eigenvalue weighted by atomic mass is 15.2. The summed E-state index contributed by atoms with van der Waals surface area (Å²) in [6, 6.07) is 0.248. The van der Waals surface area contributed by atoms with Crippen LogP contribution in [0.5, 0.6) is 0 Å². The zero-order chi connectivity index (χ0) is 12.8. The Bertz CT molecular complexity index is 320. The van der Waals surface area contributed by atoms with Crippen molar-refractivity contribution < 1.29 is 0 Å². The molecule has 1 aromatic rings. The summed E-state index contributed by atoms with van der Waals surface area (Å²) >= 11 is 0. The molecule has 0 saturated heterocycles. The summed E-state index contributed by atoms with van der Waals surface area (Å²) in [5.74, 6) is 0. The van der Waals surface area contributed by atoms with Gasteiger partial charge in [-0.1, -0.05) is 0 Å². The fourth-order valence-electron chi connectivity index (χ4n) is 1.91. The molecule has 1 heterocycles. The molecule has 0 radical (unpaired) electrons. The third-order valence-electron chi connectivity index (χ3n) is 3.08. The molecule has 1 aromatic heterocycles. The number of aryl methyl sites for hydroxylation is 1. The van der Waals surface area contributed by atoms with E-state index < -0.39 is 0 Å². The number of imidazole rings is 1. The van der Waals surface area contributed by atoms with Crippen LogP contribution in [-0.4, -0.2) is 60.1 Å². The fraction of sp³-hybridized carbons (Fsp3) is 0.750. The molecule has 1 atom stereocenters. The van der Waals surface area contributed by atoms with Crippen molar-refractivity contribution >= 4 is 0 Å². The van der Waals surface area contributed by atoms with E-state index in [1.54, 1.807) is 0 Å². The number of nitrogens with zero attached hydrogens (tertiary/aromatic N) is 4. The zero-order valence-corrected chi connectivity index (χ0v) is 11.4. The molecule has 0 aliphatic carbocycles. The van der Waals surface area contributed by atoms with E-state index in [9.17, 15) is 0 Å². The van der Waals surface area contributed by atoms with Gasteiger partial charge in [0.05, 0.1) is 18.1 Å². The Kier molecular flexibility index (Phi) is 5.61. The highest BCUT2D eigenvalue weighted by molar-refractivity contribution is 5.06. The lowest BCUT2D eigenvalue weighted by atomic mass is 10.2. The van der Waals surface area contributed by atoms with Crippen LogP contribution in [-0.2, 0) is 6.54 Å². The molecule has 0 amide bonds. The monoisotopic (exact) mass is 239 g/mol. The average Bonchev–Trinajstić information content (AvgIpc) is 2.75. The summed E-state index contributed by atoms with van der Waals surface area (Å²) in [7, 11) is 6.29. The number of likely N-dealkylation sites (N-methyl/N-ethyl adjacent to an activating group) is 2. The Morgan fingerprint density at radius 1 is 1.35 bits per heavy atom. The van der Waals surface area contributed by atoms with Crippen LogP contribution < -0.4 is 5.73 Å². The summed E-state index contributed by atoms with van der Waals surface area (Å²) in [5.41, 5.74) is 7.10. The van der Waals surface area contributed by atoms with E-state index in [0.29, 0.717) is 6.54 Å². The Morgan fingerprint density at radius 2 is 2.06 bits per heavy atom. The van der Waals surface area contributed by atoms with E-state index in [2.05, 4.69) is 47.4 Å². The topological polar surface area (TPSA) is 50.3 Å². The SMILES string of the molecule is CCn1cncc1C(CN)N(C)CCN(C)C. The lowest BCUT2D eigenvalue weighted by Crippen LogP contribution is -2.36. The van der Waals surface area contributed by atoms with Gasteiger partial charge in [0.25, 0.3) is 0 Å². The molecule has 0 aliphatic heterocycles. The second kappa shape index (κ2) is 6.74. The van der Waals surface area contributed by atoms with Crippen LogP contribution in [0, 0.1) is 0 Å². The van der Waals surface area contributed by atoms with Crippen LogP contribution in [0.15, 0.2) is 12.5 Å². The van der Waals surface area contributed by atoms with Crippen LogP contribution in [0.2, 0.25) is 0 Å².